The van der Waals surface area contributed by atoms with E-state index in [0.717, 1.165) is 56.8 Å². The van der Waals surface area contributed by atoms with Gasteiger partial charge in [-0.05, 0) is 37.0 Å². The molecule has 1 aliphatic carbocycles. The fourth-order valence-electron chi connectivity index (χ4n) is 4.93. The van der Waals surface area contributed by atoms with Crippen molar-refractivity contribution in [2.45, 2.75) is 63.4 Å². The maximum absolute atomic E-state index is 12.8. The minimum atomic E-state index is -0.492. The van der Waals surface area contributed by atoms with Crippen molar-refractivity contribution in [3.05, 3.63) is 61.4 Å². The van der Waals surface area contributed by atoms with Crippen LogP contribution in [0.25, 0.3) is 0 Å². The van der Waals surface area contributed by atoms with Crippen molar-refractivity contribution >= 4 is 11.6 Å². The molecule has 3 aliphatic rings. The van der Waals surface area contributed by atoms with Gasteiger partial charge >= 0.3 is 11.1 Å². The van der Waals surface area contributed by atoms with Crippen molar-refractivity contribution < 1.29 is 4.74 Å². The Bertz CT molecular complexity index is 1030. The number of benzene rings is 1. The van der Waals surface area contributed by atoms with Crippen LogP contribution in [-0.2, 0) is 24.4 Å². The monoisotopic (exact) mass is 416 g/mol. The molecule has 0 N–H and O–H groups in total. The summed E-state index contributed by atoms with van der Waals surface area (Å²) in [5, 5.41) is 5.25. The van der Waals surface area contributed by atoms with Crippen LogP contribution in [0, 0.1) is 0 Å². The van der Waals surface area contributed by atoms with E-state index in [1.54, 1.807) is 4.57 Å². The smallest absolute Gasteiger partial charge is 0.332 e. The summed E-state index contributed by atoms with van der Waals surface area (Å²) in [7, 11) is 0. The summed E-state index contributed by atoms with van der Waals surface area (Å²) >= 11 is 5.97. The maximum Gasteiger partial charge on any atom is 0.332 e. The predicted octanol–water partition coefficient (Wildman–Crippen LogP) is 2.35. The zero-order valence-electron chi connectivity index (χ0n) is 16.3. The minimum absolute atomic E-state index is 0.0540. The Morgan fingerprint density at radius 3 is 2.62 bits per heavy atom. The van der Waals surface area contributed by atoms with Gasteiger partial charge in [0.1, 0.15) is 12.2 Å². The van der Waals surface area contributed by atoms with E-state index >= 15 is 0 Å². The quantitative estimate of drug-likeness (QED) is 0.718. The zero-order chi connectivity index (χ0) is 20.0. The number of fused-ring (bicyclic) bond motifs is 1. The standard InChI is InChI=1S/C21H25ClN4O3/c22-16-7-5-15(6-8-16)11-24-10-9-21(13-24)14-25-18(12-29-21)23-26(20(28)19(25)27)17-3-1-2-4-17/h5-8,17H,1-4,9-14H2/t21-/m1/s1. The molecule has 8 heteroatoms. The molecule has 1 aromatic heterocycles. The molecular formula is C21H25ClN4O3. The SMILES string of the molecule is O=c1c(=O)n2c(nn1C1CCCC1)CO[C@@]1(CCN(Cc3ccc(Cl)cc3)C1)C2. The molecule has 2 aliphatic heterocycles. The molecule has 1 saturated carbocycles. The lowest BCUT2D eigenvalue weighted by Crippen LogP contribution is -2.53. The lowest BCUT2D eigenvalue weighted by molar-refractivity contribution is -0.0860. The molecule has 1 atom stereocenters. The summed E-state index contributed by atoms with van der Waals surface area (Å²) in [6, 6.07) is 7.92. The molecule has 154 valence electrons. The van der Waals surface area contributed by atoms with Crippen LogP contribution in [0.15, 0.2) is 33.9 Å². The van der Waals surface area contributed by atoms with Crippen LogP contribution in [-0.4, -0.2) is 37.9 Å². The van der Waals surface area contributed by atoms with Gasteiger partial charge in [-0.25, -0.2) is 4.68 Å². The molecule has 2 fully saturated rings. The van der Waals surface area contributed by atoms with E-state index in [1.807, 2.05) is 24.3 Å². The van der Waals surface area contributed by atoms with Crippen molar-refractivity contribution in [3.8, 4) is 0 Å². The second-order valence-electron chi connectivity index (χ2n) is 8.55. The highest BCUT2D eigenvalue weighted by Crippen LogP contribution is 2.32. The van der Waals surface area contributed by atoms with Gasteiger partial charge in [0.2, 0.25) is 0 Å². The normalized spacial score (nSPS) is 25.0. The largest absolute Gasteiger partial charge is 0.364 e. The van der Waals surface area contributed by atoms with Crippen LogP contribution in [0.2, 0.25) is 5.02 Å². The minimum Gasteiger partial charge on any atom is -0.364 e. The summed E-state index contributed by atoms with van der Waals surface area (Å²) in [4.78, 5) is 27.8. The molecule has 0 radical (unpaired) electrons. The van der Waals surface area contributed by atoms with Crippen LogP contribution in [0.3, 0.4) is 0 Å². The molecule has 2 aromatic rings. The van der Waals surface area contributed by atoms with Gasteiger partial charge < -0.3 is 4.74 Å². The Hall–Kier alpha value is -1.96. The molecule has 3 heterocycles. The Morgan fingerprint density at radius 2 is 1.86 bits per heavy atom. The van der Waals surface area contributed by atoms with E-state index < -0.39 is 16.7 Å². The first kappa shape index (κ1) is 19.0. The van der Waals surface area contributed by atoms with Gasteiger partial charge in [-0.1, -0.05) is 36.6 Å². The first-order valence-electron chi connectivity index (χ1n) is 10.4. The Balaban J connectivity index is 1.35. The van der Waals surface area contributed by atoms with Gasteiger partial charge in [0, 0.05) is 24.7 Å². The van der Waals surface area contributed by atoms with E-state index in [4.69, 9.17) is 16.3 Å². The second-order valence-corrected chi connectivity index (χ2v) is 8.99. The van der Waals surface area contributed by atoms with Crippen molar-refractivity contribution in [2.24, 2.45) is 0 Å². The average molecular weight is 417 g/mol. The van der Waals surface area contributed by atoms with E-state index in [2.05, 4.69) is 10.00 Å². The molecule has 0 bridgehead atoms. The zero-order valence-corrected chi connectivity index (χ0v) is 17.1. The number of nitrogens with zero attached hydrogens (tertiary/aromatic N) is 4. The average Bonchev–Trinajstić information content (AvgIpc) is 3.38. The molecule has 7 nitrogen and oxygen atoms in total. The first-order chi connectivity index (χ1) is 14.0. The molecule has 1 saturated heterocycles. The fraction of sp³-hybridized carbons (Fsp3) is 0.571. The van der Waals surface area contributed by atoms with Gasteiger partial charge in [-0.2, -0.15) is 5.10 Å². The van der Waals surface area contributed by atoms with Crippen LogP contribution in [0.4, 0.5) is 0 Å². The molecular weight excluding hydrogens is 392 g/mol. The number of ether oxygens (including phenoxy) is 1. The Morgan fingerprint density at radius 1 is 1.10 bits per heavy atom. The van der Waals surface area contributed by atoms with E-state index in [1.165, 1.54) is 10.2 Å². The van der Waals surface area contributed by atoms with Crippen LogP contribution >= 0.6 is 11.6 Å². The lowest BCUT2D eigenvalue weighted by atomic mass is 10.0. The summed E-state index contributed by atoms with van der Waals surface area (Å²) in [6.45, 7) is 3.10. The third-order valence-electron chi connectivity index (χ3n) is 6.51. The summed E-state index contributed by atoms with van der Waals surface area (Å²) < 4.78 is 9.23. The van der Waals surface area contributed by atoms with Gasteiger partial charge in [0.05, 0.1) is 12.6 Å². The highest BCUT2D eigenvalue weighted by molar-refractivity contribution is 6.30. The van der Waals surface area contributed by atoms with Crippen molar-refractivity contribution in [1.82, 2.24) is 19.2 Å². The Kier molecular flexibility index (Phi) is 4.84. The molecule has 5 rings (SSSR count). The first-order valence-corrected chi connectivity index (χ1v) is 10.7. The van der Waals surface area contributed by atoms with Crippen LogP contribution < -0.4 is 11.1 Å². The van der Waals surface area contributed by atoms with E-state index in [-0.39, 0.29) is 12.6 Å². The number of aromatic nitrogens is 3. The van der Waals surface area contributed by atoms with Crippen LogP contribution in [0.1, 0.15) is 49.5 Å². The van der Waals surface area contributed by atoms with E-state index in [9.17, 15) is 9.59 Å². The van der Waals surface area contributed by atoms with E-state index in [0.29, 0.717) is 12.4 Å². The fourth-order valence-corrected chi connectivity index (χ4v) is 5.06. The van der Waals surface area contributed by atoms with Crippen molar-refractivity contribution in [2.75, 3.05) is 13.1 Å². The Labute approximate surface area is 173 Å². The molecule has 29 heavy (non-hydrogen) atoms. The number of rotatable bonds is 3. The molecule has 0 unspecified atom stereocenters. The highest BCUT2D eigenvalue weighted by atomic mass is 35.5. The number of likely N-dealkylation sites (tertiary alicyclic amines) is 1. The van der Waals surface area contributed by atoms with Crippen LogP contribution in [0.5, 0.6) is 0 Å². The van der Waals surface area contributed by atoms with Gasteiger partial charge in [-0.15, -0.1) is 0 Å². The van der Waals surface area contributed by atoms with Crippen molar-refractivity contribution in [3.63, 3.8) is 0 Å². The van der Waals surface area contributed by atoms with Gasteiger partial charge in [0.25, 0.3) is 0 Å². The number of halogens is 1. The summed E-state index contributed by atoms with van der Waals surface area (Å²) in [5.74, 6) is 0.572. The van der Waals surface area contributed by atoms with Gasteiger partial charge in [0.15, 0.2) is 5.82 Å². The topological polar surface area (TPSA) is 69.4 Å². The summed E-state index contributed by atoms with van der Waals surface area (Å²) in [5.41, 5.74) is -0.188. The molecule has 1 aromatic carbocycles. The predicted molar refractivity (Wildman–Crippen MR) is 109 cm³/mol. The molecule has 0 amide bonds. The maximum atomic E-state index is 12.8. The molecule has 1 spiro atoms. The second kappa shape index (κ2) is 7.38. The van der Waals surface area contributed by atoms with Gasteiger partial charge in [-0.3, -0.25) is 19.1 Å². The number of hydrogen-bond donors (Lipinski definition) is 0. The third-order valence-corrected chi connectivity index (χ3v) is 6.76. The highest BCUT2D eigenvalue weighted by Gasteiger charge is 2.43. The van der Waals surface area contributed by atoms with Crippen molar-refractivity contribution in [1.29, 1.82) is 0 Å². The summed E-state index contributed by atoms with van der Waals surface area (Å²) in [6.07, 6.45) is 4.83. The third kappa shape index (κ3) is 3.56. The number of hydrogen-bond acceptors (Lipinski definition) is 5. The lowest BCUT2D eigenvalue weighted by Gasteiger charge is -2.35.